The molecule has 0 aliphatic heterocycles. The summed E-state index contributed by atoms with van der Waals surface area (Å²) in [6.45, 7) is 1.97. The molecule has 0 aliphatic rings. The van der Waals surface area contributed by atoms with Crippen LogP contribution in [-0.2, 0) is 4.74 Å². The number of anilines is 1. The van der Waals surface area contributed by atoms with Crippen LogP contribution in [0.15, 0.2) is 32.9 Å². The molecule has 1 amide bonds. The predicted octanol–water partition coefficient (Wildman–Crippen LogP) is 3.30. The summed E-state index contributed by atoms with van der Waals surface area (Å²) in [5.74, 6) is -0.847. The third kappa shape index (κ3) is 4.07. The number of carbonyl (C=O) groups is 2. The first-order valence-electron chi connectivity index (χ1n) is 6.16. The highest BCUT2D eigenvalue weighted by atomic mass is 79.9. The molecule has 2 aromatic rings. The molecule has 0 saturated carbocycles. The average molecular weight is 402 g/mol. The zero-order valence-electron chi connectivity index (χ0n) is 11.5. The second kappa shape index (κ2) is 7.73. The fourth-order valence-electron chi connectivity index (χ4n) is 1.53. The molecule has 0 bridgehead atoms. The number of hydrogen-bond acceptors (Lipinski definition) is 7. The summed E-state index contributed by atoms with van der Waals surface area (Å²) in [6, 6.07) is 6.83. The molecule has 0 atom stereocenters. The van der Waals surface area contributed by atoms with Crippen molar-refractivity contribution in [3.8, 4) is 0 Å². The molecule has 9 heteroatoms. The van der Waals surface area contributed by atoms with Crippen LogP contribution in [0.1, 0.15) is 27.8 Å². The van der Waals surface area contributed by atoms with E-state index in [4.69, 9.17) is 9.88 Å². The summed E-state index contributed by atoms with van der Waals surface area (Å²) < 4.78 is 5.40. The highest BCUT2D eigenvalue weighted by Gasteiger charge is 2.19. The summed E-state index contributed by atoms with van der Waals surface area (Å²) >= 11 is 5.49. The predicted molar refractivity (Wildman–Crippen MR) is 90.2 cm³/mol. The molecule has 116 valence electrons. The second-order valence-corrected chi connectivity index (χ2v) is 6.98. The molecule has 0 radical (unpaired) electrons. The van der Waals surface area contributed by atoms with Crippen LogP contribution in [0.25, 0.3) is 0 Å². The minimum atomic E-state index is -0.532. The van der Waals surface area contributed by atoms with Gasteiger partial charge in [0.1, 0.15) is 3.79 Å². The van der Waals surface area contributed by atoms with Gasteiger partial charge in [0.05, 0.1) is 6.61 Å². The van der Waals surface area contributed by atoms with Crippen LogP contribution >= 0.6 is 39.2 Å². The summed E-state index contributed by atoms with van der Waals surface area (Å²) in [5.41, 5.74) is 0.624. The van der Waals surface area contributed by atoms with Crippen LogP contribution < -0.4 is 10.5 Å². The normalized spacial score (nSPS) is 10.3. The zero-order valence-corrected chi connectivity index (χ0v) is 14.7. The van der Waals surface area contributed by atoms with Gasteiger partial charge in [0.2, 0.25) is 0 Å². The first kappa shape index (κ1) is 16.9. The maximum Gasteiger partial charge on any atom is 0.359 e. The van der Waals surface area contributed by atoms with E-state index >= 15 is 0 Å². The van der Waals surface area contributed by atoms with Crippen LogP contribution in [0.3, 0.4) is 0 Å². The molecule has 0 aliphatic carbocycles. The lowest BCUT2D eigenvalue weighted by Gasteiger charge is -2.02. The average Bonchev–Trinajstić information content (AvgIpc) is 2.88. The molecule has 3 N–H and O–H groups in total. The largest absolute Gasteiger partial charge is 0.461 e. The minimum Gasteiger partial charge on any atom is -0.461 e. The van der Waals surface area contributed by atoms with Crippen molar-refractivity contribution in [1.82, 2.24) is 4.98 Å². The number of aromatic nitrogens is 1. The van der Waals surface area contributed by atoms with E-state index in [9.17, 15) is 9.59 Å². The van der Waals surface area contributed by atoms with Crippen molar-refractivity contribution in [1.29, 1.82) is 0 Å². The number of nitrogens with one attached hydrogen (secondary N) is 1. The van der Waals surface area contributed by atoms with Gasteiger partial charge in [0.15, 0.2) is 10.8 Å². The molecule has 1 aromatic heterocycles. The van der Waals surface area contributed by atoms with E-state index in [0.717, 1.165) is 28.2 Å². The lowest BCUT2D eigenvalue weighted by molar-refractivity contribution is 0.0519. The van der Waals surface area contributed by atoms with E-state index in [1.807, 2.05) is 0 Å². The summed E-state index contributed by atoms with van der Waals surface area (Å²) in [4.78, 5) is 28.7. The standard InChI is InChI=1S/C13H12BrN3O3S2/c1-2-20-12(19)9-10(14)21-13(16-9)17-11(18)7-3-5-8(22-15)6-4-7/h3-6H,2,15H2,1H3,(H,16,17,18). The molecule has 1 heterocycles. The Morgan fingerprint density at radius 1 is 1.41 bits per heavy atom. The van der Waals surface area contributed by atoms with Crippen molar-refractivity contribution in [3.63, 3.8) is 0 Å². The number of hydrogen-bond donors (Lipinski definition) is 2. The number of nitrogens with zero attached hydrogens (tertiary/aromatic N) is 1. The third-order valence-electron chi connectivity index (χ3n) is 2.53. The van der Waals surface area contributed by atoms with E-state index in [0.29, 0.717) is 14.5 Å². The Hall–Kier alpha value is -1.42. The summed E-state index contributed by atoms with van der Waals surface area (Å²) in [7, 11) is 0. The number of ether oxygens (including phenoxy) is 1. The van der Waals surface area contributed by atoms with Crippen molar-refractivity contribution in [2.75, 3.05) is 11.9 Å². The van der Waals surface area contributed by atoms with Crippen LogP contribution in [0, 0.1) is 0 Å². The van der Waals surface area contributed by atoms with E-state index in [-0.39, 0.29) is 18.2 Å². The molecule has 0 unspecified atom stereocenters. The molecule has 0 fully saturated rings. The van der Waals surface area contributed by atoms with Crippen molar-refractivity contribution >= 4 is 56.2 Å². The number of thiazole rings is 1. The van der Waals surface area contributed by atoms with Gasteiger partial charge in [-0.25, -0.2) is 9.78 Å². The molecule has 2 rings (SSSR count). The van der Waals surface area contributed by atoms with Gasteiger partial charge in [-0.1, -0.05) is 11.3 Å². The van der Waals surface area contributed by atoms with Crippen LogP contribution in [0.5, 0.6) is 0 Å². The van der Waals surface area contributed by atoms with E-state index in [2.05, 4.69) is 26.2 Å². The summed E-state index contributed by atoms with van der Waals surface area (Å²) in [5, 5.41) is 8.39. The molecule has 22 heavy (non-hydrogen) atoms. The van der Waals surface area contributed by atoms with E-state index < -0.39 is 5.97 Å². The smallest absolute Gasteiger partial charge is 0.359 e. The van der Waals surface area contributed by atoms with E-state index in [1.165, 1.54) is 0 Å². The van der Waals surface area contributed by atoms with Crippen LogP contribution in [-0.4, -0.2) is 23.5 Å². The number of nitrogens with two attached hydrogens (primary N) is 1. The number of halogens is 1. The first-order valence-corrected chi connectivity index (χ1v) is 8.65. The van der Waals surface area contributed by atoms with E-state index in [1.54, 1.807) is 31.2 Å². The molecular weight excluding hydrogens is 390 g/mol. The van der Waals surface area contributed by atoms with Crippen molar-refractivity contribution in [2.45, 2.75) is 11.8 Å². The highest BCUT2D eigenvalue weighted by Crippen LogP contribution is 2.29. The fraction of sp³-hybridized carbons (Fsp3) is 0.154. The molecular formula is C13H12BrN3O3S2. The van der Waals surface area contributed by atoms with Crippen LogP contribution in [0.2, 0.25) is 0 Å². The number of carbonyl (C=O) groups excluding carboxylic acids is 2. The lowest BCUT2D eigenvalue weighted by Crippen LogP contribution is -2.12. The topological polar surface area (TPSA) is 94.3 Å². The van der Waals surface area contributed by atoms with Crippen LogP contribution in [0.4, 0.5) is 5.13 Å². The van der Waals surface area contributed by atoms with Gasteiger partial charge in [0.25, 0.3) is 5.91 Å². The van der Waals surface area contributed by atoms with Gasteiger partial charge in [-0.15, -0.1) is 0 Å². The Morgan fingerprint density at radius 2 is 2.09 bits per heavy atom. The number of rotatable bonds is 5. The van der Waals surface area contributed by atoms with Gasteiger partial charge in [-0.3, -0.25) is 15.3 Å². The maximum atomic E-state index is 12.1. The Bertz CT molecular complexity index is 688. The van der Waals surface area contributed by atoms with Crippen molar-refractivity contribution < 1.29 is 14.3 Å². The van der Waals surface area contributed by atoms with Gasteiger partial charge >= 0.3 is 5.97 Å². The van der Waals surface area contributed by atoms with Crippen molar-refractivity contribution in [2.24, 2.45) is 5.14 Å². The second-order valence-electron chi connectivity index (χ2n) is 3.96. The lowest BCUT2D eigenvalue weighted by atomic mass is 10.2. The molecule has 6 nitrogen and oxygen atoms in total. The zero-order chi connectivity index (χ0) is 16.1. The first-order chi connectivity index (χ1) is 10.5. The number of amides is 1. The van der Waals surface area contributed by atoms with Crippen molar-refractivity contribution in [3.05, 3.63) is 39.3 Å². The van der Waals surface area contributed by atoms with Gasteiger partial charge in [0, 0.05) is 10.5 Å². The summed E-state index contributed by atoms with van der Waals surface area (Å²) in [6.07, 6.45) is 0. The Kier molecular flexibility index (Phi) is 5.95. The number of benzene rings is 1. The van der Waals surface area contributed by atoms with Gasteiger partial charge < -0.3 is 4.74 Å². The SMILES string of the molecule is CCOC(=O)c1nc(NC(=O)c2ccc(SN)cc2)sc1Br. The highest BCUT2D eigenvalue weighted by molar-refractivity contribution is 9.11. The Balaban J connectivity index is 2.11. The Morgan fingerprint density at radius 3 is 2.68 bits per heavy atom. The third-order valence-corrected chi connectivity index (χ3v) is 4.69. The fourth-order valence-corrected chi connectivity index (χ4v) is 3.21. The quantitative estimate of drug-likeness (QED) is 0.589. The molecule has 0 spiro atoms. The van der Waals surface area contributed by atoms with Gasteiger partial charge in [-0.05, 0) is 59.1 Å². The minimum absolute atomic E-state index is 0.150. The molecule has 0 saturated heterocycles. The van der Waals surface area contributed by atoms with Gasteiger partial charge in [-0.2, -0.15) is 0 Å². The Labute approximate surface area is 143 Å². The monoisotopic (exact) mass is 401 g/mol. The number of esters is 1. The maximum absolute atomic E-state index is 12.1. The molecule has 1 aromatic carbocycles.